The van der Waals surface area contributed by atoms with Crippen molar-refractivity contribution in [3.8, 4) is 0 Å². The summed E-state index contributed by atoms with van der Waals surface area (Å²) >= 11 is 0. The molecule has 0 aliphatic rings. The highest BCUT2D eigenvalue weighted by molar-refractivity contribution is 5.82. The van der Waals surface area contributed by atoms with Gasteiger partial charge in [0, 0.05) is 12.6 Å². The van der Waals surface area contributed by atoms with Crippen LogP contribution in [0.5, 0.6) is 0 Å². The van der Waals surface area contributed by atoms with Crippen LogP contribution in [0.3, 0.4) is 0 Å². The van der Waals surface area contributed by atoms with Crippen molar-refractivity contribution in [3.05, 3.63) is 48.0 Å². The first-order valence-electron chi connectivity index (χ1n) is 8.04. The van der Waals surface area contributed by atoms with Crippen molar-refractivity contribution < 1.29 is 0 Å². The fourth-order valence-corrected chi connectivity index (χ4v) is 2.76. The summed E-state index contributed by atoms with van der Waals surface area (Å²) in [5.41, 5.74) is 1.39. The zero-order valence-electron chi connectivity index (χ0n) is 12.9. The molecule has 0 spiro atoms. The second kappa shape index (κ2) is 8.06. The topological polar surface area (TPSA) is 12.0 Å². The lowest BCUT2D eigenvalue weighted by Gasteiger charge is -2.18. The van der Waals surface area contributed by atoms with Gasteiger partial charge in [-0.15, -0.1) is 0 Å². The summed E-state index contributed by atoms with van der Waals surface area (Å²) < 4.78 is 0. The molecule has 1 heteroatoms. The Hall–Kier alpha value is -1.34. The molecule has 108 valence electrons. The maximum absolute atomic E-state index is 3.74. The maximum atomic E-state index is 3.74. The molecule has 2 rings (SSSR count). The summed E-state index contributed by atoms with van der Waals surface area (Å²) in [5.74, 6) is 0. The standard InChI is InChI=1S/C19H27N/c1-3-5-11-19(8-4-2)20-15-16-12-13-17-9-6-7-10-18(17)14-16/h6-7,9-10,12-14,19-20H,3-5,8,11,15H2,1-2H3. The Balaban J connectivity index is 1.96. The molecule has 0 heterocycles. The van der Waals surface area contributed by atoms with E-state index in [-0.39, 0.29) is 0 Å². The summed E-state index contributed by atoms with van der Waals surface area (Å²) in [4.78, 5) is 0. The Labute approximate surface area is 123 Å². The molecule has 0 aliphatic carbocycles. The van der Waals surface area contributed by atoms with E-state index in [4.69, 9.17) is 0 Å². The Morgan fingerprint density at radius 2 is 1.70 bits per heavy atom. The predicted octanol–water partition coefficient (Wildman–Crippen LogP) is 5.29. The van der Waals surface area contributed by atoms with Crippen molar-refractivity contribution in [1.82, 2.24) is 5.32 Å². The smallest absolute Gasteiger partial charge is 0.0208 e. The van der Waals surface area contributed by atoms with E-state index in [9.17, 15) is 0 Å². The predicted molar refractivity (Wildman–Crippen MR) is 89.0 cm³/mol. The first kappa shape index (κ1) is 15.1. The lowest BCUT2D eigenvalue weighted by molar-refractivity contribution is 0.434. The zero-order chi connectivity index (χ0) is 14.2. The molecule has 0 bridgehead atoms. The molecule has 0 saturated carbocycles. The monoisotopic (exact) mass is 269 g/mol. The van der Waals surface area contributed by atoms with Crippen molar-refractivity contribution in [3.63, 3.8) is 0 Å². The van der Waals surface area contributed by atoms with Gasteiger partial charge in [-0.1, -0.05) is 69.5 Å². The first-order valence-corrected chi connectivity index (χ1v) is 8.04. The van der Waals surface area contributed by atoms with E-state index in [1.165, 1.54) is 48.4 Å². The summed E-state index contributed by atoms with van der Waals surface area (Å²) in [6, 6.07) is 16.0. The second-order valence-corrected chi connectivity index (χ2v) is 5.69. The van der Waals surface area contributed by atoms with Crippen molar-refractivity contribution in [1.29, 1.82) is 0 Å². The van der Waals surface area contributed by atoms with Gasteiger partial charge < -0.3 is 5.32 Å². The van der Waals surface area contributed by atoms with Crippen LogP contribution in [0.25, 0.3) is 10.8 Å². The normalized spacial score (nSPS) is 12.7. The molecular weight excluding hydrogens is 242 g/mol. The van der Waals surface area contributed by atoms with Crippen molar-refractivity contribution >= 4 is 10.8 Å². The van der Waals surface area contributed by atoms with Gasteiger partial charge in [0.25, 0.3) is 0 Å². The fraction of sp³-hybridized carbons (Fsp3) is 0.474. The highest BCUT2D eigenvalue weighted by Gasteiger charge is 2.06. The molecule has 1 atom stereocenters. The van der Waals surface area contributed by atoms with Gasteiger partial charge in [-0.3, -0.25) is 0 Å². The molecule has 0 amide bonds. The van der Waals surface area contributed by atoms with Gasteiger partial charge in [0.05, 0.1) is 0 Å². The van der Waals surface area contributed by atoms with Crippen LogP contribution >= 0.6 is 0 Å². The quantitative estimate of drug-likeness (QED) is 0.686. The van der Waals surface area contributed by atoms with Crippen LogP contribution in [0.4, 0.5) is 0 Å². The molecule has 20 heavy (non-hydrogen) atoms. The number of hydrogen-bond acceptors (Lipinski definition) is 1. The van der Waals surface area contributed by atoms with Crippen LogP contribution < -0.4 is 5.32 Å². The molecule has 0 saturated heterocycles. The lowest BCUT2D eigenvalue weighted by atomic mass is 10.0. The molecule has 0 radical (unpaired) electrons. The van der Waals surface area contributed by atoms with E-state index < -0.39 is 0 Å². The van der Waals surface area contributed by atoms with E-state index in [2.05, 4.69) is 61.6 Å². The number of nitrogens with one attached hydrogen (secondary N) is 1. The molecular formula is C19H27N. The van der Waals surface area contributed by atoms with Crippen LogP contribution in [0.15, 0.2) is 42.5 Å². The van der Waals surface area contributed by atoms with E-state index in [0.29, 0.717) is 6.04 Å². The van der Waals surface area contributed by atoms with Gasteiger partial charge in [-0.05, 0) is 35.2 Å². The third kappa shape index (κ3) is 4.35. The summed E-state index contributed by atoms with van der Waals surface area (Å²) in [7, 11) is 0. The van der Waals surface area contributed by atoms with E-state index >= 15 is 0 Å². The molecule has 1 unspecified atom stereocenters. The number of fused-ring (bicyclic) bond motifs is 1. The van der Waals surface area contributed by atoms with E-state index in [1.807, 2.05) is 0 Å². The van der Waals surface area contributed by atoms with Gasteiger partial charge in [0.1, 0.15) is 0 Å². The first-order chi connectivity index (χ1) is 9.83. The minimum absolute atomic E-state index is 0.673. The van der Waals surface area contributed by atoms with Crippen LogP contribution in [-0.2, 0) is 6.54 Å². The summed E-state index contributed by atoms with van der Waals surface area (Å²) in [6.45, 7) is 5.53. The molecule has 1 nitrogen and oxygen atoms in total. The third-order valence-electron chi connectivity index (χ3n) is 3.95. The van der Waals surface area contributed by atoms with Gasteiger partial charge >= 0.3 is 0 Å². The lowest BCUT2D eigenvalue weighted by Crippen LogP contribution is -2.28. The number of hydrogen-bond donors (Lipinski definition) is 1. The number of benzene rings is 2. The van der Waals surface area contributed by atoms with Crippen LogP contribution in [0, 0.1) is 0 Å². The van der Waals surface area contributed by atoms with Gasteiger partial charge in [0.2, 0.25) is 0 Å². The molecule has 0 aromatic heterocycles. The minimum Gasteiger partial charge on any atom is -0.310 e. The molecule has 1 N–H and O–H groups in total. The third-order valence-corrected chi connectivity index (χ3v) is 3.95. The Morgan fingerprint density at radius 3 is 2.45 bits per heavy atom. The molecule has 2 aromatic rings. The highest BCUT2D eigenvalue weighted by Crippen LogP contribution is 2.16. The second-order valence-electron chi connectivity index (χ2n) is 5.69. The Kier molecular flexibility index (Phi) is 6.07. The fourth-order valence-electron chi connectivity index (χ4n) is 2.76. The largest absolute Gasteiger partial charge is 0.310 e. The van der Waals surface area contributed by atoms with Crippen LogP contribution in [0.2, 0.25) is 0 Å². The van der Waals surface area contributed by atoms with E-state index in [0.717, 1.165) is 6.54 Å². The average Bonchev–Trinajstić information content (AvgIpc) is 2.50. The zero-order valence-corrected chi connectivity index (χ0v) is 12.9. The maximum Gasteiger partial charge on any atom is 0.0208 e. The van der Waals surface area contributed by atoms with Crippen molar-refractivity contribution in [2.45, 2.75) is 58.5 Å². The van der Waals surface area contributed by atoms with Gasteiger partial charge in [-0.2, -0.15) is 0 Å². The summed E-state index contributed by atoms with van der Waals surface area (Å²) in [6.07, 6.45) is 6.47. The average molecular weight is 269 g/mol. The van der Waals surface area contributed by atoms with Crippen LogP contribution in [0.1, 0.15) is 51.5 Å². The molecule has 0 fully saturated rings. The van der Waals surface area contributed by atoms with Crippen molar-refractivity contribution in [2.24, 2.45) is 0 Å². The number of unbranched alkanes of at least 4 members (excludes halogenated alkanes) is 1. The Bertz CT molecular complexity index is 518. The minimum atomic E-state index is 0.673. The highest BCUT2D eigenvalue weighted by atomic mass is 14.9. The Morgan fingerprint density at radius 1 is 0.900 bits per heavy atom. The van der Waals surface area contributed by atoms with Crippen LogP contribution in [-0.4, -0.2) is 6.04 Å². The SMILES string of the molecule is CCCCC(CCC)NCc1ccc2ccccc2c1. The van der Waals surface area contributed by atoms with Gasteiger partial charge in [-0.25, -0.2) is 0 Å². The van der Waals surface area contributed by atoms with Crippen molar-refractivity contribution in [2.75, 3.05) is 0 Å². The summed E-state index contributed by atoms with van der Waals surface area (Å²) in [5, 5.41) is 6.40. The molecule has 2 aromatic carbocycles. The van der Waals surface area contributed by atoms with Gasteiger partial charge in [0.15, 0.2) is 0 Å². The number of rotatable bonds is 8. The molecule has 0 aliphatic heterocycles. The van der Waals surface area contributed by atoms with E-state index in [1.54, 1.807) is 0 Å².